The van der Waals surface area contributed by atoms with Gasteiger partial charge >= 0.3 is 0 Å². The average molecular weight is 209 g/mol. The summed E-state index contributed by atoms with van der Waals surface area (Å²) < 4.78 is 1.02. The van der Waals surface area contributed by atoms with Gasteiger partial charge in [0.05, 0.1) is 24.2 Å². The van der Waals surface area contributed by atoms with E-state index in [1.165, 1.54) is 17.7 Å². The molecule has 0 saturated carbocycles. The predicted octanol–water partition coefficient (Wildman–Crippen LogP) is -0.792. The first-order valence-electron chi connectivity index (χ1n) is 3.81. The normalized spacial score (nSPS) is 10.6. The Kier molecular flexibility index (Phi) is 2.05. The molecule has 0 spiro atoms. The highest BCUT2D eigenvalue weighted by molar-refractivity contribution is 7.16. The van der Waals surface area contributed by atoms with Crippen LogP contribution in [0.1, 0.15) is 0 Å². The number of carbonyl (C=O) groups excluding carboxylic acids is 1. The third-order valence-electron chi connectivity index (χ3n) is 1.75. The first-order valence-corrected chi connectivity index (χ1v) is 4.69. The summed E-state index contributed by atoms with van der Waals surface area (Å²) >= 11 is 1.34. The van der Waals surface area contributed by atoms with Gasteiger partial charge in [0, 0.05) is 0 Å². The third-order valence-corrected chi connectivity index (χ3v) is 2.57. The van der Waals surface area contributed by atoms with Gasteiger partial charge in [-0.05, 0) is 11.4 Å². The number of hydrogen-bond donors (Lipinski definition) is 0. The number of carboxylic acids is 1. The number of hydrogen-bond acceptors (Lipinski definition) is 5. The lowest BCUT2D eigenvalue weighted by Gasteiger charge is -2.04. The van der Waals surface area contributed by atoms with Crippen LogP contribution in [0.4, 0.5) is 0 Å². The van der Waals surface area contributed by atoms with Gasteiger partial charge in [-0.3, -0.25) is 9.36 Å². The molecule has 0 saturated heterocycles. The molecule has 0 fully saturated rings. The van der Waals surface area contributed by atoms with Crippen molar-refractivity contribution in [2.45, 2.75) is 6.54 Å². The molecule has 0 aromatic carbocycles. The minimum absolute atomic E-state index is 0.347. The van der Waals surface area contributed by atoms with E-state index in [0.717, 1.165) is 4.57 Å². The molecule has 0 N–H and O–H groups in total. The third kappa shape index (κ3) is 1.39. The summed E-state index contributed by atoms with van der Waals surface area (Å²) in [6, 6.07) is 1.63. The summed E-state index contributed by atoms with van der Waals surface area (Å²) in [5, 5.41) is 12.5. The molecule has 0 aliphatic rings. The Labute approximate surface area is 82.2 Å². The minimum Gasteiger partial charge on any atom is -0.548 e. The van der Waals surface area contributed by atoms with Crippen molar-refractivity contribution in [1.82, 2.24) is 9.55 Å². The molecular weight excluding hydrogens is 204 g/mol. The number of aliphatic carboxylic acids is 1. The van der Waals surface area contributed by atoms with Crippen molar-refractivity contribution in [1.29, 1.82) is 0 Å². The van der Waals surface area contributed by atoms with Crippen LogP contribution in [-0.4, -0.2) is 15.5 Å². The zero-order chi connectivity index (χ0) is 10.1. The largest absolute Gasteiger partial charge is 0.548 e. The lowest BCUT2D eigenvalue weighted by atomic mass is 10.4. The molecule has 0 radical (unpaired) electrons. The van der Waals surface area contributed by atoms with Crippen LogP contribution < -0.4 is 10.7 Å². The van der Waals surface area contributed by atoms with Gasteiger partial charge in [0.2, 0.25) is 0 Å². The molecule has 6 heteroatoms. The van der Waals surface area contributed by atoms with Gasteiger partial charge in [-0.2, -0.15) is 0 Å². The topological polar surface area (TPSA) is 75.0 Å². The van der Waals surface area contributed by atoms with Gasteiger partial charge in [0.25, 0.3) is 5.56 Å². The number of carboxylic acid groups (broad SMARTS) is 1. The first-order chi connectivity index (χ1) is 6.68. The SMILES string of the molecule is O=C([O-])Cn1cnc2sccc2c1=O. The molecule has 2 aromatic rings. The maximum atomic E-state index is 11.6. The van der Waals surface area contributed by atoms with Gasteiger partial charge in [-0.25, -0.2) is 4.98 Å². The van der Waals surface area contributed by atoms with E-state index in [1.807, 2.05) is 0 Å². The second-order valence-corrected chi connectivity index (χ2v) is 3.58. The van der Waals surface area contributed by atoms with E-state index in [1.54, 1.807) is 11.4 Å². The Morgan fingerprint density at radius 2 is 2.43 bits per heavy atom. The summed E-state index contributed by atoms with van der Waals surface area (Å²) in [4.78, 5) is 26.4. The Bertz CT molecular complexity index is 543. The van der Waals surface area contributed by atoms with Crippen LogP contribution in [0.2, 0.25) is 0 Å². The number of nitrogens with zero attached hydrogens (tertiary/aromatic N) is 2. The second-order valence-electron chi connectivity index (χ2n) is 2.69. The van der Waals surface area contributed by atoms with Crippen LogP contribution >= 0.6 is 11.3 Å². The highest BCUT2D eigenvalue weighted by atomic mass is 32.1. The average Bonchev–Trinajstić information content (AvgIpc) is 2.57. The number of rotatable bonds is 2. The lowest BCUT2D eigenvalue weighted by Crippen LogP contribution is -2.32. The van der Waals surface area contributed by atoms with E-state index < -0.39 is 12.5 Å². The minimum atomic E-state index is -1.30. The first kappa shape index (κ1) is 8.89. The van der Waals surface area contributed by atoms with E-state index in [-0.39, 0.29) is 5.56 Å². The van der Waals surface area contributed by atoms with Crippen LogP contribution in [0.25, 0.3) is 10.2 Å². The van der Waals surface area contributed by atoms with Gasteiger partial charge in [-0.15, -0.1) is 11.3 Å². The van der Waals surface area contributed by atoms with Crippen LogP contribution in [0.3, 0.4) is 0 Å². The highest BCUT2D eigenvalue weighted by Crippen LogP contribution is 2.12. The zero-order valence-corrected chi connectivity index (χ0v) is 7.78. The predicted molar refractivity (Wildman–Crippen MR) is 48.9 cm³/mol. The Morgan fingerprint density at radius 3 is 3.14 bits per heavy atom. The quantitative estimate of drug-likeness (QED) is 0.649. The molecule has 5 nitrogen and oxygen atoms in total. The molecule has 2 aromatic heterocycles. The summed E-state index contributed by atoms with van der Waals surface area (Å²) in [6.45, 7) is -0.461. The number of aromatic nitrogens is 2. The molecule has 0 aliphatic carbocycles. The van der Waals surface area contributed by atoms with E-state index in [0.29, 0.717) is 10.2 Å². The van der Waals surface area contributed by atoms with Crippen LogP contribution in [0, 0.1) is 0 Å². The van der Waals surface area contributed by atoms with E-state index in [9.17, 15) is 14.7 Å². The zero-order valence-electron chi connectivity index (χ0n) is 6.97. The van der Waals surface area contributed by atoms with Crippen molar-refractivity contribution in [2.75, 3.05) is 0 Å². The van der Waals surface area contributed by atoms with Crippen molar-refractivity contribution in [3.63, 3.8) is 0 Å². The van der Waals surface area contributed by atoms with Crippen molar-refractivity contribution in [3.05, 3.63) is 28.1 Å². The standard InChI is InChI=1S/C8H6N2O3S/c11-6(12)3-10-4-9-7-5(8(10)13)1-2-14-7/h1-2,4H,3H2,(H,11,12)/p-1. The molecule has 14 heavy (non-hydrogen) atoms. The fourth-order valence-corrected chi connectivity index (χ4v) is 1.87. The summed E-state index contributed by atoms with van der Waals surface area (Å²) in [5.41, 5.74) is -0.347. The molecular formula is C8H5N2O3S-. The van der Waals surface area contributed by atoms with Crippen molar-refractivity contribution in [3.8, 4) is 0 Å². The fourth-order valence-electron chi connectivity index (χ4n) is 1.15. The molecule has 72 valence electrons. The molecule has 0 aliphatic heterocycles. The second kappa shape index (κ2) is 3.22. The summed E-state index contributed by atoms with van der Waals surface area (Å²) in [5.74, 6) is -1.30. The molecule has 0 unspecified atom stereocenters. The van der Waals surface area contributed by atoms with Gasteiger partial charge in [0.1, 0.15) is 4.83 Å². The Morgan fingerprint density at radius 1 is 1.64 bits per heavy atom. The van der Waals surface area contributed by atoms with Crippen molar-refractivity contribution < 1.29 is 9.90 Å². The number of carbonyl (C=O) groups is 1. The van der Waals surface area contributed by atoms with Gasteiger partial charge in [-0.1, -0.05) is 0 Å². The van der Waals surface area contributed by atoms with E-state index >= 15 is 0 Å². The monoisotopic (exact) mass is 209 g/mol. The Balaban J connectivity index is 2.62. The van der Waals surface area contributed by atoms with Gasteiger partial charge < -0.3 is 9.90 Å². The van der Waals surface area contributed by atoms with Crippen LogP contribution in [-0.2, 0) is 11.3 Å². The molecule has 0 bridgehead atoms. The van der Waals surface area contributed by atoms with Crippen LogP contribution in [0.5, 0.6) is 0 Å². The fraction of sp³-hybridized carbons (Fsp3) is 0.125. The van der Waals surface area contributed by atoms with E-state index in [4.69, 9.17) is 0 Å². The molecule has 0 atom stereocenters. The van der Waals surface area contributed by atoms with Crippen molar-refractivity contribution in [2.24, 2.45) is 0 Å². The van der Waals surface area contributed by atoms with Crippen LogP contribution in [0.15, 0.2) is 22.6 Å². The molecule has 2 heterocycles. The molecule has 2 rings (SSSR count). The highest BCUT2D eigenvalue weighted by Gasteiger charge is 2.04. The smallest absolute Gasteiger partial charge is 0.262 e. The number of thiophene rings is 1. The van der Waals surface area contributed by atoms with Crippen molar-refractivity contribution >= 4 is 27.5 Å². The summed E-state index contributed by atoms with van der Waals surface area (Å²) in [6.07, 6.45) is 1.22. The number of fused-ring (bicyclic) bond motifs is 1. The summed E-state index contributed by atoms with van der Waals surface area (Å²) in [7, 11) is 0. The maximum absolute atomic E-state index is 11.6. The maximum Gasteiger partial charge on any atom is 0.262 e. The van der Waals surface area contributed by atoms with E-state index in [2.05, 4.69) is 4.98 Å². The van der Waals surface area contributed by atoms with Gasteiger partial charge in [0.15, 0.2) is 0 Å². The lowest BCUT2D eigenvalue weighted by molar-refractivity contribution is -0.306. The Hall–Kier alpha value is -1.69. The molecule has 0 amide bonds.